The van der Waals surface area contributed by atoms with Crippen LogP contribution in [0.1, 0.15) is 40.3 Å². The monoisotopic (exact) mass is 219 g/mol. The van der Waals surface area contributed by atoms with Crippen molar-refractivity contribution in [3.05, 3.63) is 22.6 Å². The van der Waals surface area contributed by atoms with Gasteiger partial charge in [0.15, 0.2) is 0 Å². The Balaban J connectivity index is 2.63. The van der Waals surface area contributed by atoms with Crippen molar-refractivity contribution in [1.82, 2.24) is 5.32 Å². The van der Waals surface area contributed by atoms with Gasteiger partial charge in [-0.2, -0.15) is 0 Å². The highest BCUT2D eigenvalue weighted by molar-refractivity contribution is 5.96. The quantitative estimate of drug-likeness (QED) is 0.624. The Morgan fingerprint density at radius 2 is 2.06 bits per heavy atom. The fourth-order valence-corrected chi connectivity index (χ4v) is 1.61. The van der Waals surface area contributed by atoms with E-state index in [4.69, 9.17) is 10.8 Å². The van der Waals surface area contributed by atoms with Gasteiger partial charge in [-0.05, 0) is 27.2 Å². The van der Waals surface area contributed by atoms with Crippen LogP contribution < -0.4 is 5.32 Å². The molecule has 0 atom stereocenters. The predicted molar refractivity (Wildman–Crippen MR) is 63.3 cm³/mol. The van der Waals surface area contributed by atoms with Crippen LogP contribution in [0.5, 0.6) is 0 Å². The molecule has 0 saturated carbocycles. The zero-order valence-corrected chi connectivity index (χ0v) is 10.0. The highest BCUT2D eigenvalue weighted by Crippen LogP contribution is 2.20. The Bertz CT molecular complexity index is 424. The zero-order valence-electron chi connectivity index (χ0n) is 10.0. The van der Waals surface area contributed by atoms with Crippen LogP contribution in [0.15, 0.2) is 4.42 Å². The molecule has 86 valence electrons. The van der Waals surface area contributed by atoms with E-state index in [0.717, 1.165) is 17.7 Å². The number of furan rings is 1. The lowest BCUT2D eigenvalue weighted by Crippen LogP contribution is -2.25. The molecular weight excluding hydrogens is 202 g/mol. The van der Waals surface area contributed by atoms with Crippen molar-refractivity contribution in [2.45, 2.75) is 33.6 Å². The van der Waals surface area contributed by atoms with Crippen molar-refractivity contribution in [2.24, 2.45) is 0 Å². The molecule has 1 aromatic rings. The lowest BCUT2D eigenvalue weighted by atomic mass is 10.1. The van der Waals surface area contributed by atoms with Crippen molar-refractivity contribution in [3.63, 3.8) is 0 Å². The van der Waals surface area contributed by atoms with Gasteiger partial charge >= 0.3 is 0 Å². The van der Waals surface area contributed by atoms with Crippen LogP contribution in [0.4, 0.5) is 0 Å². The molecule has 16 heavy (non-hydrogen) atoms. The number of unbranched alkanes of at least 4 members (excludes halogenated alkanes) is 1. The fraction of sp³-hybridized carbons (Fsp3) is 0.462. The first-order valence-corrected chi connectivity index (χ1v) is 5.36. The summed E-state index contributed by atoms with van der Waals surface area (Å²) < 4.78 is 5.40. The number of terminal acetylenes is 1. The summed E-state index contributed by atoms with van der Waals surface area (Å²) >= 11 is 0. The van der Waals surface area contributed by atoms with E-state index in [1.165, 1.54) is 0 Å². The topological polar surface area (TPSA) is 42.2 Å². The summed E-state index contributed by atoms with van der Waals surface area (Å²) in [5, 5.41) is 2.83. The normalized spacial score (nSPS) is 9.88. The van der Waals surface area contributed by atoms with Gasteiger partial charge < -0.3 is 9.73 Å². The average molecular weight is 219 g/mol. The van der Waals surface area contributed by atoms with Gasteiger partial charge in [0.1, 0.15) is 11.5 Å². The van der Waals surface area contributed by atoms with Gasteiger partial charge in [0.2, 0.25) is 0 Å². The highest BCUT2D eigenvalue weighted by Gasteiger charge is 2.17. The van der Waals surface area contributed by atoms with Gasteiger partial charge in [-0.25, -0.2) is 0 Å². The minimum absolute atomic E-state index is 0.0797. The number of amides is 1. The van der Waals surface area contributed by atoms with Crippen LogP contribution in [-0.4, -0.2) is 12.5 Å². The number of carbonyl (C=O) groups excluding carboxylic acids is 1. The van der Waals surface area contributed by atoms with Crippen molar-refractivity contribution in [2.75, 3.05) is 6.54 Å². The molecule has 1 heterocycles. The van der Waals surface area contributed by atoms with Gasteiger partial charge in [0.25, 0.3) is 5.91 Å². The maximum absolute atomic E-state index is 11.8. The van der Waals surface area contributed by atoms with E-state index in [2.05, 4.69) is 11.2 Å². The smallest absolute Gasteiger partial charge is 0.255 e. The highest BCUT2D eigenvalue weighted by atomic mass is 16.3. The molecule has 0 spiro atoms. The Morgan fingerprint density at radius 1 is 1.38 bits per heavy atom. The summed E-state index contributed by atoms with van der Waals surface area (Å²) in [7, 11) is 0. The summed E-state index contributed by atoms with van der Waals surface area (Å²) in [6, 6.07) is 0. The lowest BCUT2D eigenvalue weighted by Gasteiger charge is -2.03. The number of hydrogen-bond acceptors (Lipinski definition) is 2. The molecule has 0 aromatic carbocycles. The SMILES string of the molecule is C#CCCCNC(=O)c1c(C)oc(C)c1C. The molecule has 0 unspecified atom stereocenters. The molecule has 0 radical (unpaired) electrons. The molecule has 1 rings (SSSR count). The van der Waals surface area contributed by atoms with Crippen LogP contribution in [-0.2, 0) is 0 Å². The molecule has 0 aliphatic heterocycles. The van der Waals surface area contributed by atoms with E-state index in [-0.39, 0.29) is 5.91 Å². The van der Waals surface area contributed by atoms with Crippen molar-refractivity contribution >= 4 is 5.91 Å². The van der Waals surface area contributed by atoms with Crippen LogP contribution in [0.3, 0.4) is 0 Å². The molecule has 1 aromatic heterocycles. The Morgan fingerprint density at radius 3 is 2.56 bits per heavy atom. The molecule has 0 aliphatic rings. The van der Waals surface area contributed by atoms with Gasteiger partial charge in [0.05, 0.1) is 5.56 Å². The van der Waals surface area contributed by atoms with E-state index in [1.807, 2.05) is 13.8 Å². The molecule has 0 bridgehead atoms. The first kappa shape index (κ1) is 12.4. The van der Waals surface area contributed by atoms with E-state index in [0.29, 0.717) is 24.3 Å². The summed E-state index contributed by atoms with van der Waals surface area (Å²) in [5.41, 5.74) is 1.56. The van der Waals surface area contributed by atoms with Gasteiger partial charge in [0, 0.05) is 18.5 Å². The van der Waals surface area contributed by atoms with Crippen LogP contribution in [0.25, 0.3) is 0 Å². The zero-order chi connectivity index (χ0) is 12.1. The number of nitrogens with one attached hydrogen (secondary N) is 1. The number of hydrogen-bond donors (Lipinski definition) is 1. The van der Waals surface area contributed by atoms with Crippen molar-refractivity contribution in [1.29, 1.82) is 0 Å². The Labute approximate surface area is 96.2 Å². The summed E-state index contributed by atoms with van der Waals surface area (Å²) in [4.78, 5) is 11.8. The third-order valence-electron chi connectivity index (χ3n) is 2.57. The number of aryl methyl sites for hydroxylation is 2. The largest absolute Gasteiger partial charge is 0.466 e. The fourth-order valence-electron chi connectivity index (χ4n) is 1.61. The summed E-state index contributed by atoms with van der Waals surface area (Å²) in [6.45, 7) is 6.15. The van der Waals surface area contributed by atoms with Crippen molar-refractivity contribution < 1.29 is 9.21 Å². The van der Waals surface area contributed by atoms with E-state index >= 15 is 0 Å². The Hall–Kier alpha value is -1.69. The third kappa shape index (κ3) is 2.66. The van der Waals surface area contributed by atoms with E-state index in [1.54, 1.807) is 6.92 Å². The first-order valence-electron chi connectivity index (χ1n) is 5.36. The minimum Gasteiger partial charge on any atom is -0.466 e. The van der Waals surface area contributed by atoms with Gasteiger partial charge in [-0.3, -0.25) is 4.79 Å². The number of rotatable bonds is 4. The second-order valence-corrected chi connectivity index (χ2v) is 3.78. The number of carbonyl (C=O) groups is 1. The van der Waals surface area contributed by atoms with Gasteiger partial charge in [-0.1, -0.05) is 0 Å². The predicted octanol–water partition coefficient (Wildman–Crippen LogP) is 2.35. The van der Waals surface area contributed by atoms with Crippen LogP contribution in [0, 0.1) is 33.1 Å². The van der Waals surface area contributed by atoms with Crippen LogP contribution >= 0.6 is 0 Å². The molecule has 3 nitrogen and oxygen atoms in total. The van der Waals surface area contributed by atoms with E-state index in [9.17, 15) is 4.79 Å². The Kier molecular flexibility index (Phi) is 4.19. The van der Waals surface area contributed by atoms with Crippen molar-refractivity contribution in [3.8, 4) is 12.3 Å². The summed E-state index contributed by atoms with van der Waals surface area (Å²) in [5.74, 6) is 3.93. The maximum Gasteiger partial charge on any atom is 0.255 e. The van der Waals surface area contributed by atoms with Gasteiger partial charge in [-0.15, -0.1) is 12.3 Å². The molecule has 0 saturated heterocycles. The second-order valence-electron chi connectivity index (χ2n) is 3.78. The molecular formula is C13H17NO2. The second kappa shape index (κ2) is 5.41. The standard InChI is InChI=1S/C13H17NO2/c1-5-6-7-8-14-13(15)12-9(2)10(3)16-11(12)4/h1H,6-8H2,2-4H3,(H,14,15). The third-order valence-corrected chi connectivity index (χ3v) is 2.57. The molecule has 0 aliphatic carbocycles. The minimum atomic E-state index is -0.0797. The summed E-state index contributed by atoms with van der Waals surface area (Å²) in [6.07, 6.45) is 6.62. The van der Waals surface area contributed by atoms with E-state index < -0.39 is 0 Å². The first-order chi connectivity index (χ1) is 7.57. The molecule has 3 heteroatoms. The molecule has 1 N–H and O–H groups in total. The van der Waals surface area contributed by atoms with Crippen LogP contribution in [0.2, 0.25) is 0 Å². The maximum atomic E-state index is 11.8. The molecule has 1 amide bonds. The molecule has 0 fully saturated rings. The lowest BCUT2D eigenvalue weighted by molar-refractivity contribution is 0.0951. The average Bonchev–Trinajstić information content (AvgIpc) is 2.48.